The van der Waals surface area contributed by atoms with Crippen LogP contribution in [0.3, 0.4) is 0 Å². The Morgan fingerprint density at radius 1 is 1.15 bits per heavy atom. The minimum absolute atomic E-state index is 0.244. The van der Waals surface area contributed by atoms with Crippen LogP contribution in [0.2, 0.25) is 0 Å². The molecule has 0 atom stereocenters. The number of amides is 2. The van der Waals surface area contributed by atoms with E-state index in [0.717, 1.165) is 11.3 Å². The lowest BCUT2D eigenvalue weighted by Gasteiger charge is -2.14. The summed E-state index contributed by atoms with van der Waals surface area (Å²) in [7, 11) is 1.61. The standard InChI is InChI=1S/C19H19N3O4/c1-25-14-6-4-5-13(11-14)9-10-26-21-18-15-7-2-3-8-16(15)19(24)22(18)12-17(20)23/h2-8,11H,9-10,12H2,1H3,(H2,20,23)/b21-18+. The second kappa shape index (κ2) is 7.69. The molecule has 0 radical (unpaired) electrons. The van der Waals surface area contributed by atoms with Crippen LogP contribution in [0.4, 0.5) is 0 Å². The Morgan fingerprint density at radius 2 is 1.92 bits per heavy atom. The first-order chi connectivity index (χ1) is 12.6. The maximum Gasteiger partial charge on any atom is 0.260 e. The largest absolute Gasteiger partial charge is 0.497 e. The predicted octanol–water partition coefficient (Wildman–Crippen LogP) is 1.56. The molecule has 2 N–H and O–H groups in total. The smallest absolute Gasteiger partial charge is 0.260 e. The number of nitrogens with two attached hydrogens (primary N) is 1. The maximum absolute atomic E-state index is 12.4. The number of carbonyl (C=O) groups is 2. The van der Waals surface area contributed by atoms with Crippen molar-refractivity contribution in [1.82, 2.24) is 4.90 Å². The third-order valence-electron chi connectivity index (χ3n) is 3.98. The van der Waals surface area contributed by atoms with Crippen molar-refractivity contribution in [1.29, 1.82) is 0 Å². The molecule has 0 saturated carbocycles. The molecule has 2 amide bonds. The lowest BCUT2D eigenvalue weighted by molar-refractivity contribution is -0.118. The first kappa shape index (κ1) is 17.5. The summed E-state index contributed by atoms with van der Waals surface area (Å²) in [5.74, 6) is 0.150. The van der Waals surface area contributed by atoms with E-state index >= 15 is 0 Å². The minimum atomic E-state index is -0.616. The monoisotopic (exact) mass is 353 g/mol. The lowest BCUT2D eigenvalue weighted by atomic mass is 10.1. The van der Waals surface area contributed by atoms with E-state index in [-0.39, 0.29) is 12.5 Å². The molecule has 0 aliphatic carbocycles. The van der Waals surface area contributed by atoms with Gasteiger partial charge in [-0.15, -0.1) is 0 Å². The van der Waals surface area contributed by atoms with E-state index in [0.29, 0.717) is 30.0 Å². The Balaban J connectivity index is 1.72. The number of rotatable bonds is 7. The highest BCUT2D eigenvalue weighted by Gasteiger charge is 2.34. The third-order valence-corrected chi connectivity index (χ3v) is 3.98. The van der Waals surface area contributed by atoms with Gasteiger partial charge in [0.05, 0.1) is 12.7 Å². The van der Waals surface area contributed by atoms with Crippen molar-refractivity contribution in [2.75, 3.05) is 20.3 Å². The van der Waals surface area contributed by atoms with Crippen LogP contribution < -0.4 is 10.5 Å². The van der Waals surface area contributed by atoms with Crippen LogP contribution in [-0.4, -0.2) is 42.8 Å². The Hall–Kier alpha value is -3.35. The van der Waals surface area contributed by atoms with Crippen LogP contribution in [0.5, 0.6) is 5.75 Å². The van der Waals surface area contributed by atoms with Crippen molar-refractivity contribution >= 4 is 17.6 Å². The normalized spacial score (nSPS) is 14.4. The fourth-order valence-electron chi connectivity index (χ4n) is 2.75. The van der Waals surface area contributed by atoms with E-state index in [1.165, 1.54) is 4.90 Å². The van der Waals surface area contributed by atoms with Crippen LogP contribution in [0.25, 0.3) is 0 Å². The molecule has 7 nitrogen and oxygen atoms in total. The molecule has 0 fully saturated rings. The van der Waals surface area contributed by atoms with Crippen molar-refractivity contribution in [3.63, 3.8) is 0 Å². The minimum Gasteiger partial charge on any atom is -0.497 e. The van der Waals surface area contributed by atoms with Crippen molar-refractivity contribution in [2.45, 2.75) is 6.42 Å². The number of ether oxygens (including phenoxy) is 1. The number of fused-ring (bicyclic) bond motifs is 1. The lowest BCUT2D eigenvalue weighted by Crippen LogP contribution is -2.38. The van der Waals surface area contributed by atoms with Gasteiger partial charge in [-0.05, 0) is 23.8 Å². The van der Waals surface area contributed by atoms with Gasteiger partial charge in [-0.3, -0.25) is 14.5 Å². The van der Waals surface area contributed by atoms with E-state index < -0.39 is 5.91 Å². The van der Waals surface area contributed by atoms with E-state index in [1.54, 1.807) is 31.4 Å². The van der Waals surface area contributed by atoms with Gasteiger partial charge in [0.2, 0.25) is 5.91 Å². The summed E-state index contributed by atoms with van der Waals surface area (Å²) in [6.45, 7) is 0.0724. The molecular weight excluding hydrogens is 334 g/mol. The second-order valence-corrected chi connectivity index (χ2v) is 5.75. The van der Waals surface area contributed by atoms with Crippen LogP contribution in [-0.2, 0) is 16.1 Å². The van der Waals surface area contributed by atoms with Crippen molar-refractivity contribution in [3.05, 3.63) is 65.2 Å². The molecule has 0 unspecified atom stereocenters. The number of oxime groups is 1. The van der Waals surface area contributed by atoms with E-state index in [2.05, 4.69) is 5.16 Å². The zero-order valence-corrected chi connectivity index (χ0v) is 14.3. The summed E-state index contributed by atoms with van der Waals surface area (Å²) in [5.41, 5.74) is 7.39. The number of carbonyl (C=O) groups excluding carboxylic acids is 2. The Morgan fingerprint density at radius 3 is 2.65 bits per heavy atom. The second-order valence-electron chi connectivity index (χ2n) is 5.75. The van der Waals surface area contributed by atoms with Gasteiger partial charge in [0.1, 0.15) is 18.9 Å². The molecule has 7 heteroatoms. The highest BCUT2D eigenvalue weighted by atomic mass is 16.6. The molecule has 1 aliphatic heterocycles. The van der Waals surface area contributed by atoms with Crippen LogP contribution in [0.1, 0.15) is 21.5 Å². The Labute approximate surface area is 151 Å². The zero-order valence-electron chi connectivity index (χ0n) is 14.3. The molecule has 2 aromatic rings. The van der Waals surface area contributed by atoms with Gasteiger partial charge in [-0.25, -0.2) is 0 Å². The number of methoxy groups -OCH3 is 1. The summed E-state index contributed by atoms with van der Waals surface area (Å²) < 4.78 is 5.19. The van der Waals surface area contributed by atoms with Crippen molar-refractivity contribution in [2.24, 2.45) is 10.9 Å². The molecule has 0 aromatic heterocycles. The predicted molar refractivity (Wildman–Crippen MR) is 95.9 cm³/mol. The zero-order chi connectivity index (χ0) is 18.5. The number of nitrogens with zero attached hydrogens (tertiary/aromatic N) is 2. The topological polar surface area (TPSA) is 94.2 Å². The fraction of sp³-hybridized carbons (Fsp3) is 0.211. The number of hydrogen-bond acceptors (Lipinski definition) is 5. The average Bonchev–Trinajstić information content (AvgIpc) is 2.91. The van der Waals surface area contributed by atoms with Gasteiger partial charge < -0.3 is 15.3 Å². The van der Waals surface area contributed by atoms with Crippen LogP contribution in [0, 0.1) is 0 Å². The summed E-state index contributed by atoms with van der Waals surface area (Å²) >= 11 is 0. The number of benzene rings is 2. The van der Waals surface area contributed by atoms with Crippen LogP contribution in [0.15, 0.2) is 53.7 Å². The number of amidine groups is 1. The van der Waals surface area contributed by atoms with E-state index in [9.17, 15) is 9.59 Å². The molecule has 0 bridgehead atoms. The fourth-order valence-corrected chi connectivity index (χ4v) is 2.75. The van der Waals surface area contributed by atoms with Crippen molar-refractivity contribution in [3.8, 4) is 5.75 Å². The van der Waals surface area contributed by atoms with Gasteiger partial charge in [0.15, 0.2) is 5.84 Å². The van der Waals surface area contributed by atoms with Gasteiger partial charge in [-0.1, -0.05) is 35.5 Å². The molecular formula is C19H19N3O4. The first-order valence-electron chi connectivity index (χ1n) is 8.12. The molecule has 3 rings (SSSR count). The quantitative estimate of drug-likeness (QED) is 0.604. The van der Waals surface area contributed by atoms with Gasteiger partial charge in [0.25, 0.3) is 5.91 Å². The SMILES string of the molecule is COc1cccc(CCO/N=C2\c3ccccc3C(=O)N2CC(N)=O)c1. The number of hydrogen-bond donors (Lipinski definition) is 1. The first-order valence-corrected chi connectivity index (χ1v) is 8.12. The Bertz CT molecular complexity index is 863. The maximum atomic E-state index is 12.4. The number of primary amides is 1. The molecule has 2 aromatic carbocycles. The van der Waals surface area contributed by atoms with Crippen LogP contribution >= 0.6 is 0 Å². The molecule has 1 heterocycles. The summed E-state index contributed by atoms with van der Waals surface area (Å²) in [4.78, 5) is 30.4. The average molecular weight is 353 g/mol. The van der Waals surface area contributed by atoms with Gasteiger partial charge in [-0.2, -0.15) is 0 Å². The summed E-state index contributed by atoms with van der Waals surface area (Å²) in [6, 6.07) is 14.7. The highest BCUT2D eigenvalue weighted by molar-refractivity contribution is 6.24. The van der Waals surface area contributed by atoms with E-state index in [4.69, 9.17) is 15.3 Å². The molecule has 1 aliphatic rings. The molecule has 26 heavy (non-hydrogen) atoms. The van der Waals surface area contributed by atoms with Gasteiger partial charge in [0, 0.05) is 12.0 Å². The van der Waals surface area contributed by atoms with E-state index in [1.807, 2.05) is 24.3 Å². The molecule has 0 saturated heterocycles. The Kier molecular flexibility index (Phi) is 5.17. The molecule has 134 valence electrons. The third kappa shape index (κ3) is 3.66. The van der Waals surface area contributed by atoms with Gasteiger partial charge >= 0.3 is 0 Å². The summed E-state index contributed by atoms with van der Waals surface area (Å²) in [6.07, 6.45) is 0.624. The van der Waals surface area contributed by atoms with Crippen molar-refractivity contribution < 1.29 is 19.2 Å². The molecule has 0 spiro atoms. The highest BCUT2D eigenvalue weighted by Crippen LogP contribution is 2.23. The summed E-state index contributed by atoms with van der Waals surface area (Å²) in [5, 5.41) is 4.09.